The summed E-state index contributed by atoms with van der Waals surface area (Å²) in [7, 11) is 0. The Hall–Kier alpha value is -3.35. The fourth-order valence-electron chi connectivity index (χ4n) is 5.07. The Bertz CT molecular complexity index is 1580. The van der Waals surface area contributed by atoms with Crippen molar-refractivity contribution in [3.63, 3.8) is 0 Å². The number of fused-ring (bicyclic) bond motifs is 2. The maximum Gasteiger partial charge on any atom is 0.159 e. The Kier molecular flexibility index (Phi) is 6.49. The van der Waals surface area contributed by atoms with E-state index in [2.05, 4.69) is 16.0 Å². The van der Waals surface area contributed by atoms with E-state index in [1.807, 2.05) is 20.8 Å². The SMILES string of the molecule is CC/C(C)=c1\c(F)c(-c2ncc(F)c3sc(N)c(C#N)c23)c2c(\c1=C\N=C(C)N1CCCC1)COC2. The zero-order chi connectivity index (χ0) is 25.6. The first-order valence-corrected chi connectivity index (χ1v) is 12.9. The number of hydrogen-bond donors (Lipinski definition) is 1. The fourth-order valence-corrected chi connectivity index (χ4v) is 5.99. The minimum atomic E-state index is -0.589. The lowest BCUT2D eigenvalue weighted by Gasteiger charge is -2.16. The quantitative estimate of drug-likeness (QED) is 0.415. The van der Waals surface area contributed by atoms with Crippen molar-refractivity contribution in [2.75, 3.05) is 18.8 Å². The van der Waals surface area contributed by atoms with Crippen LogP contribution in [0.2, 0.25) is 0 Å². The van der Waals surface area contributed by atoms with Crippen molar-refractivity contribution in [1.82, 2.24) is 9.88 Å². The van der Waals surface area contributed by atoms with Gasteiger partial charge in [0.05, 0.1) is 35.4 Å². The molecule has 0 atom stereocenters. The first kappa shape index (κ1) is 24.3. The number of thiophene rings is 1. The van der Waals surface area contributed by atoms with E-state index in [4.69, 9.17) is 15.5 Å². The van der Waals surface area contributed by atoms with E-state index < -0.39 is 11.6 Å². The predicted octanol–water partition coefficient (Wildman–Crippen LogP) is 4.56. The molecule has 0 aliphatic carbocycles. The van der Waals surface area contributed by atoms with Crippen molar-refractivity contribution in [2.45, 2.75) is 53.2 Å². The highest BCUT2D eigenvalue weighted by Gasteiger charge is 2.28. The molecule has 6 nitrogen and oxygen atoms in total. The molecule has 2 aromatic heterocycles. The number of ether oxygens (including phenoxy) is 1. The van der Waals surface area contributed by atoms with Crippen molar-refractivity contribution in [2.24, 2.45) is 4.99 Å². The van der Waals surface area contributed by atoms with Crippen LogP contribution < -0.4 is 16.2 Å². The van der Waals surface area contributed by atoms with E-state index >= 15 is 4.39 Å². The van der Waals surface area contributed by atoms with Crippen LogP contribution in [0.1, 0.15) is 56.7 Å². The summed E-state index contributed by atoms with van der Waals surface area (Å²) in [5, 5.41) is 11.3. The highest BCUT2D eigenvalue weighted by atomic mass is 32.1. The summed E-state index contributed by atoms with van der Waals surface area (Å²) in [5.41, 5.74) is 8.94. The van der Waals surface area contributed by atoms with Gasteiger partial charge < -0.3 is 15.4 Å². The number of aromatic nitrogens is 1. The second-order valence-electron chi connectivity index (χ2n) is 9.17. The first-order chi connectivity index (χ1) is 17.4. The summed E-state index contributed by atoms with van der Waals surface area (Å²) < 4.78 is 37.3. The summed E-state index contributed by atoms with van der Waals surface area (Å²) in [6.45, 7) is 8.29. The summed E-state index contributed by atoms with van der Waals surface area (Å²) in [6, 6.07) is 2.05. The highest BCUT2D eigenvalue weighted by Crippen LogP contribution is 2.42. The van der Waals surface area contributed by atoms with E-state index in [0.717, 1.165) is 60.4 Å². The van der Waals surface area contributed by atoms with E-state index in [1.54, 1.807) is 6.20 Å². The van der Waals surface area contributed by atoms with E-state index in [1.165, 1.54) is 0 Å². The Morgan fingerprint density at radius 3 is 2.69 bits per heavy atom. The van der Waals surface area contributed by atoms with E-state index in [0.29, 0.717) is 29.0 Å². The second kappa shape index (κ2) is 9.60. The molecule has 9 heteroatoms. The zero-order valence-electron chi connectivity index (χ0n) is 20.5. The average molecular weight is 508 g/mol. The number of pyridine rings is 1. The van der Waals surface area contributed by atoms with Gasteiger partial charge in [-0.3, -0.25) is 4.98 Å². The van der Waals surface area contributed by atoms with Crippen LogP contribution in [0.25, 0.3) is 33.1 Å². The molecule has 0 unspecified atom stereocenters. The molecular formula is C27H27F2N5OS. The van der Waals surface area contributed by atoms with Crippen molar-refractivity contribution in [1.29, 1.82) is 5.26 Å². The summed E-state index contributed by atoms with van der Waals surface area (Å²) in [4.78, 5) is 11.3. The topological polar surface area (TPSA) is 87.5 Å². The van der Waals surface area contributed by atoms with Crippen molar-refractivity contribution < 1.29 is 13.5 Å². The number of aliphatic imine (C=N–C) groups is 1. The molecule has 0 radical (unpaired) electrons. The van der Waals surface area contributed by atoms with Gasteiger partial charge in [-0.25, -0.2) is 13.8 Å². The second-order valence-corrected chi connectivity index (χ2v) is 10.2. The third-order valence-electron chi connectivity index (χ3n) is 7.14. The predicted molar refractivity (Wildman–Crippen MR) is 140 cm³/mol. The molecule has 1 fully saturated rings. The minimum Gasteiger partial charge on any atom is -0.389 e. The van der Waals surface area contributed by atoms with Crippen molar-refractivity contribution in [3.8, 4) is 17.3 Å². The monoisotopic (exact) mass is 507 g/mol. The Morgan fingerprint density at radius 1 is 1.28 bits per heavy atom. The minimum absolute atomic E-state index is 0.114. The average Bonchev–Trinajstić information content (AvgIpc) is 3.63. The van der Waals surface area contributed by atoms with Gasteiger partial charge in [0.15, 0.2) is 5.82 Å². The number of nitrogens with two attached hydrogens (primary N) is 1. The largest absolute Gasteiger partial charge is 0.389 e. The molecule has 0 saturated carbocycles. The zero-order valence-corrected chi connectivity index (χ0v) is 21.4. The molecule has 2 N–H and O–H groups in total. The molecule has 0 bridgehead atoms. The number of likely N-dealkylation sites (tertiary alicyclic amines) is 1. The van der Waals surface area contributed by atoms with Crippen LogP contribution in [0, 0.1) is 23.0 Å². The van der Waals surface area contributed by atoms with E-state index in [9.17, 15) is 9.65 Å². The first-order valence-electron chi connectivity index (χ1n) is 12.0. The standard InChI is InChI=1S/C27H27F2N5OS/c1-4-14(2)21-17(10-32-15(3)34-7-5-6-8-34)18-12-35-13-19(18)22(24(21)29)25-23-16(9-30)27(31)36-26(23)20(28)11-33-25/h10-11H,4-8,12-13,31H2,1-3H3/b17-10-,21-14-,32-15?. The summed E-state index contributed by atoms with van der Waals surface area (Å²) in [6.07, 6.45) is 5.73. The summed E-state index contributed by atoms with van der Waals surface area (Å²) >= 11 is 0.972. The van der Waals surface area contributed by atoms with Crippen LogP contribution >= 0.6 is 11.3 Å². The Balaban J connectivity index is 1.87. The molecule has 1 saturated heterocycles. The van der Waals surface area contributed by atoms with Gasteiger partial charge in [0, 0.05) is 40.7 Å². The maximum absolute atomic E-state index is 16.6. The molecular weight excluding hydrogens is 480 g/mol. The normalized spacial score (nSPS) is 17.2. The number of hydrogen-bond acceptors (Lipinski definition) is 6. The van der Waals surface area contributed by atoms with Gasteiger partial charge in [-0.2, -0.15) is 5.26 Å². The van der Waals surface area contributed by atoms with Crippen molar-refractivity contribution in [3.05, 3.63) is 45.0 Å². The number of anilines is 1. The lowest BCUT2D eigenvalue weighted by molar-refractivity contribution is 0.134. The fraction of sp³-hybridized carbons (Fsp3) is 0.370. The van der Waals surface area contributed by atoms with Crippen LogP contribution in [-0.4, -0.2) is 28.8 Å². The highest BCUT2D eigenvalue weighted by molar-refractivity contribution is 7.23. The Labute approximate surface area is 212 Å². The molecule has 186 valence electrons. The van der Waals surface area contributed by atoms with Crippen LogP contribution in [0.4, 0.5) is 13.8 Å². The molecule has 0 amide bonds. The van der Waals surface area contributed by atoms with Crippen LogP contribution in [0.3, 0.4) is 0 Å². The molecule has 3 aromatic rings. The molecule has 2 aliphatic heterocycles. The third kappa shape index (κ3) is 3.85. The number of nitriles is 1. The van der Waals surface area contributed by atoms with Gasteiger partial charge in [-0.05, 0) is 44.2 Å². The number of nitrogens with zero attached hydrogens (tertiary/aromatic N) is 4. The van der Waals surface area contributed by atoms with Gasteiger partial charge in [0.2, 0.25) is 0 Å². The Morgan fingerprint density at radius 2 is 2.00 bits per heavy atom. The molecule has 36 heavy (non-hydrogen) atoms. The molecule has 1 aromatic carbocycles. The third-order valence-corrected chi connectivity index (χ3v) is 8.17. The smallest absolute Gasteiger partial charge is 0.159 e. The van der Waals surface area contributed by atoms with Crippen LogP contribution in [0.5, 0.6) is 0 Å². The summed E-state index contributed by atoms with van der Waals surface area (Å²) in [5.74, 6) is -0.152. The van der Waals surface area contributed by atoms with Gasteiger partial charge in [0.1, 0.15) is 22.7 Å². The number of rotatable bonds is 3. The van der Waals surface area contributed by atoms with Crippen LogP contribution in [-0.2, 0) is 18.0 Å². The molecule has 4 heterocycles. The maximum atomic E-state index is 16.6. The molecule has 5 rings (SSSR count). The van der Waals surface area contributed by atoms with Gasteiger partial charge in [-0.15, -0.1) is 11.3 Å². The lowest BCUT2D eigenvalue weighted by atomic mass is 9.92. The van der Waals surface area contributed by atoms with Gasteiger partial charge >= 0.3 is 0 Å². The van der Waals surface area contributed by atoms with Crippen molar-refractivity contribution >= 4 is 44.0 Å². The number of nitrogen functional groups attached to an aromatic ring is 1. The van der Waals surface area contributed by atoms with Gasteiger partial charge in [0.25, 0.3) is 0 Å². The number of benzene rings is 1. The lowest BCUT2D eigenvalue weighted by Crippen LogP contribution is -2.35. The molecule has 0 spiro atoms. The van der Waals surface area contributed by atoms with Gasteiger partial charge in [-0.1, -0.05) is 12.5 Å². The molecule has 2 aliphatic rings. The van der Waals surface area contributed by atoms with Crippen LogP contribution in [0.15, 0.2) is 11.2 Å². The number of amidine groups is 1. The van der Waals surface area contributed by atoms with E-state index in [-0.39, 0.29) is 38.5 Å². The number of halogens is 2.